The van der Waals surface area contributed by atoms with Crippen molar-refractivity contribution in [3.8, 4) is 23.0 Å². The van der Waals surface area contributed by atoms with Crippen molar-refractivity contribution in [1.82, 2.24) is 10.6 Å². The molecule has 1 heterocycles. The van der Waals surface area contributed by atoms with Gasteiger partial charge in [-0.3, -0.25) is 19.2 Å². The zero-order valence-electron chi connectivity index (χ0n) is 67.2. The van der Waals surface area contributed by atoms with Crippen LogP contribution in [0.5, 0.6) is 23.0 Å². The molecule has 1 aliphatic rings. The molecule has 8 atom stereocenters. The lowest BCUT2D eigenvalue weighted by Crippen LogP contribution is -2.48. The predicted octanol–water partition coefficient (Wildman–Crippen LogP) is 13.7. The van der Waals surface area contributed by atoms with E-state index in [4.69, 9.17) is 69.4 Å². The van der Waals surface area contributed by atoms with Gasteiger partial charge in [-0.15, -0.1) is 0 Å². The van der Waals surface area contributed by atoms with Crippen LogP contribution in [-0.4, -0.2) is 144 Å². The number of nitrogens with one attached hydrogen (secondary N) is 2. The van der Waals surface area contributed by atoms with Crippen molar-refractivity contribution >= 4 is 41.9 Å². The Labute approximate surface area is 613 Å². The van der Waals surface area contributed by atoms with Crippen LogP contribution < -0.4 is 46.8 Å². The molecule has 0 unspecified atom stereocenters. The number of carbonyl (C=O) groups is 6. The average Bonchev–Trinajstić information content (AvgIpc) is 1.72. The number of ketones is 1. The van der Waals surface area contributed by atoms with Gasteiger partial charge in [-0.05, 0) is 171 Å². The van der Waals surface area contributed by atoms with Gasteiger partial charge in [-0.2, -0.15) is 9.59 Å². The monoisotopic (exact) mass is 1450 g/mol. The van der Waals surface area contributed by atoms with E-state index < -0.39 is 58.2 Å². The van der Waals surface area contributed by atoms with Crippen molar-refractivity contribution in [3.63, 3.8) is 0 Å². The van der Waals surface area contributed by atoms with Gasteiger partial charge in [-0.25, -0.2) is 9.59 Å². The highest BCUT2D eigenvalue weighted by Gasteiger charge is 2.43. The molecular formula is C79H139N5O18. The van der Waals surface area contributed by atoms with Crippen molar-refractivity contribution < 1.29 is 86.1 Å². The Kier molecular flexibility index (Phi) is 48.6. The molecule has 23 nitrogen and oxygen atoms in total. The van der Waals surface area contributed by atoms with Crippen LogP contribution >= 0.6 is 0 Å². The van der Waals surface area contributed by atoms with Gasteiger partial charge in [0.2, 0.25) is 11.8 Å². The number of alkyl carbamates (subject to hydrolysis) is 2. The highest BCUT2D eigenvalue weighted by molar-refractivity contribution is 5.84. The Morgan fingerprint density at radius 1 is 0.598 bits per heavy atom. The summed E-state index contributed by atoms with van der Waals surface area (Å²) >= 11 is 0. The van der Waals surface area contributed by atoms with Crippen molar-refractivity contribution in [2.24, 2.45) is 75.4 Å². The molecule has 588 valence electrons. The molecule has 3 rings (SSSR count). The number of ether oxygens (including phenoxy) is 9. The van der Waals surface area contributed by atoms with Crippen LogP contribution in [0.15, 0.2) is 36.4 Å². The summed E-state index contributed by atoms with van der Waals surface area (Å²) in [5.74, 6) is 1.98. The number of aliphatic hydroxyl groups is 1. The summed E-state index contributed by atoms with van der Waals surface area (Å²) in [4.78, 5) is 90.2. The quantitative estimate of drug-likeness (QED) is 0.0205. The van der Waals surface area contributed by atoms with Crippen molar-refractivity contribution in [3.05, 3.63) is 47.5 Å². The third kappa shape index (κ3) is 41.7. The minimum atomic E-state index is -1.01. The minimum Gasteiger partial charge on any atom is -0.493 e. The second kappa shape index (κ2) is 50.8. The Morgan fingerprint density at radius 3 is 1.37 bits per heavy atom. The number of amides is 4. The fraction of sp³-hybridized carbons (Fsp3) is 0.759. The first kappa shape index (κ1) is 97.5. The molecule has 1 saturated heterocycles. The van der Waals surface area contributed by atoms with Gasteiger partial charge in [0.1, 0.15) is 23.1 Å². The van der Waals surface area contributed by atoms with Crippen LogP contribution in [0.3, 0.4) is 0 Å². The lowest BCUT2D eigenvalue weighted by molar-refractivity contribution is -0.191. The van der Waals surface area contributed by atoms with Crippen LogP contribution in [0.1, 0.15) is 233 Å². The fourth-order valence-corrected chi connectivity index (χ4v) is 10.8. The van der Waals surface area contributed by atoms with Gasteiger partial charge in [0, 0.05) is 64.6 Å². The van der Waals surface area contributed by atoms with E-state index in [0.717, 1.165) is 30.4 Å². The standard InChI is InChI=1S/C36H62N2O8.C30H49NO7.C7H16.C5H12N2O.CO2/c1-23(2)26(19-25-13-14-31(44-11)32(20-25)45-18-12-17-43-10)21-28(38-34(42)46-35(5,6)7)30(40)22-27(24(3)4)29(39)15-16-36(8,9)33(37)41;1-19(2)22(15-21-11-12-25(35-9)27(16-21)36-14-10-13-34-8)17-24(31-29(33)38-30(5,6)7)26-18-23(20(3)4)28(32)37-26;1-3-5-7-6-4-2;1-5(2,3-6)4(7)8;2-1-3/h13-14,20,23-24,26-28,30,40H,12,15-19,21-22H2,1-11H3,(H2,37,41)(H,38,42);11-12,16,19-20,22-24,26H,10,13-15,17-18H2,1-9H3,(H,31,33);3-7H2,1-2H3;3,6H2,1-2H3,(H2,7,8);/t26-,27-,28-,30-;22-,23-,24-,26-;;;/m00.../s1. The van der Waals surface area contributed by atoms with E-state index in [-0.39, 0.29) is 84.3 Å². The highest BCUT2D eigenvalue weighted by Crippen LogP contribution is 2.37. The van der Waals surface area contributed by atoms with Crippen LogP contribution in [0.25, 0.3) is 0 Å². The molecule has 0 spiro atoms. The Bertz CT molecular complexity index is 2730. The lowest BCUT2D eigenvalue weighted by atomic mass is 9.78. The van der Waals surface area contributed by atoms with Gasteiger partial charge in [-0.1, -0.05) is 127 Å². The van der Waals surface area contributed by atoms with E-state index in [1.165, 1.54) is 32.1 Å². The number of esters is 1. The molecule has 9 N–H and O–H groups in total. The number of cyclic esters (lactones) is 1. The van der Waals surface area contributed by atoms with Gasteiger partial charge in [0.05, 0.1) is 57.0 Å². The third-order valence-electron chi connectivity index (χ3n) is 17.9. The third-order valence-corrected chi connectivity index (χ3v) is 17.9. The van der Waals surface area contributed by atoms with Gasteiger partial charge >= 0.3 is 24.3 Å². The van der Waals surface area contributed by atoms with E-state index in [2.05, 4.69) is 58.2 Å². The number of primary amides is 2. The zero-order valence-corrected chi connectivity index (χ0v) is 67.2. The molecular weight excluding hydrogens is 1310 g/mol. The molecule has 0 radical (unpaired) electrons. The summed E-state index contributed by atoms with van der Waals surface area (Å²) in [6.07, 6.45) is 10.1. The normalized spacial score (nSPS) is 15.5. The SMILES string of the molecule is CC(C)(CN)C(N)=O.CCCCCCC.COCCCOc1cc(C[C@@H](C[C@H](NC(=O)OC(C)(C)C)[C@@H](O)C[C@H](C(=O)CCC(C)(C)C(N)=O)C(C)C)C(C)C)ccc1OC.COCCCOc1cc(C[C@@H](C[C@H](NC(=O)OC(C)(C)C)[C@@H]2C[C@@H](C(C)C)C(=O)O2)C(C)C)ccc1OC.O=C=O. The number of nitrogens with two attached hydrogens (primary N) is 3. The van der Waals surface area contributed by atoms with Crippen molar-refractivity contribution in [1.29, 1.82) is 0 Å². The second-order valence-electron chi connectivity index (χ2n) is 31.3. The largest absolute Gasteiger partial charge is 0.493 e. The molecule has 23 heteroatoms. The van der Waals surface area contributed by atoms with Gasteiger partial charge in [0.15, 0.2) is 23.0 Å². The predicted molar refractivity (Wildman–Crippen MR) is 400 cm³/mol. The Morgan fingerprint density at radius 2 is 1.03 bits per heavy atom. The number of benzene rings is 2. The first-order valence-electron chi connectivity index (χ1n) is 36.8. The Balaban J connectivity index is 0. The maximum Gasteiger partial charge on any atom is 0.408 e. The Hall–Kier alpha value is -6.52. The van der Waals surface area contributed by atoms with E-state index in [9.17, 15) is 33.9 Å². The minimum absolute atomic E-state index is 0.0314. The molecule has 0 bridgehead atoms. The molecule has 1 aliphatic heterocycles. The molecule has 0 aromatic heterocycles. The summed E-state index contributed by atoms with van der Waals surface area (Å²) in [5.41, 5.74) is 15.2. The molecule has 1 fully saturated rings. The van der Waals surface area contributed by atoms with Crippen LogP contribution in [-0.2, 0) is 65.3 Å². The number of hydrogen-bond acceptors (Lipinski definition) is 19. The van der Waals surface area contributed by atoms with Gasteiger partial charge in [0.25, 0.3) is 0 Å². The molecule has 4 amide bonds. The van der Waals surface area contributed by atoms with E-state index >= 15 is 0 Å². The number of methoxy groups -OCH3 is 4. The summed E-state index contributed by atoms with van der Waals surface area (Å²) in [7, 11) is 6.57. The molecule has 0 saturated carbocycles. The number of carbonyl (C=O) groups excluding carboxylic acids is 8. The lowest BCUT2D eigenvalue weighted by Gasteiger charge is -2.33. The number of aliphatic hydroxyl groups excluding tert-OH is 1. The first-order chi connectivity index (χ1) is 47.5. The fourth-order valence-electron chi connectivity index (χ4n) is 10.8. The topological polar surface area (TPSA) is 342 Å². The van der Waals surface area contributed by atoms with Crippen LogP contribution in [0.4, 0.5) is 9.59 Å². The van der Waals surface area contributed by atoms with Gasteiger partial charge < -0.3 is 75.6 Å². The van der Waals surface area contributed by atoms with Crippen LogP contribution in [0.2, 0.25) is 0 Å². The van der Waals surface area contributed by atoms with Crippen LogP contribution in [0, 0.1) is 58.2 Å². The zero-order chi connectivity index (χ0) is 78.7. The molecule has 0 aliphatic carbocycles. The smallest absolute Gasteiger partial charge is 0.408 e. The highest BCUT2D eigenvalue weighted by atomic mass is 16.6. The summed E-state index contributed by atoms with van der Waals surface area (Å²) in [5, 5.41) is 17.6. The molecule has 2 aromatic rings. The van der Waals surface area contributed by atoms with E-state index in [1.807, 2.05) is 78.8 Å². The van der Waals surface area contributed by atoms with E-state index in [0.29, 0.717) is 94.0 Å². The number of hydrogen-bond donors (Lipinski definition) is 6. The maximum atomic E-state index is 13.4. The number of unbranched alkanes of at least 4 members (excludes halogenated alkanes) is 4. The summed E-state index contributed by atoms with van der Waals surface area (Å²) < 4.78 is 50.2. The first-order valence-corrected chi connectivity index (χ1v) is 36.8. The number of Topliss-reactive ketones (excluding diaryl/α,β-unsaturated/α-hetero) is 1. The number of rotatable bonds is 41. The van der Waals surface area contributed by atoms with E-state index in [1.54, 1.807) is 76.9 Å². The van der Waals surface area contributed by atoms with Crippen molar-refractivity contribution in [2.45, 2.75) is 270 Å². The summed E-state index contributed by atoms with van der Waals surface area (Å²) in [6.45, 7) is 41.4. The average molecular weight is 1450 g/mol. The second-order valence-corrected chi connectivity index (χ2v) is 31.3. The molecule has 2 aromatic carbocycles. The maximum absolute atomic E-state index is 13.4. The summed E-state index contributed by atoms with van der Waals surface area (Å²) in [6, 6.07) is 10.9. The molecule has 102 heavy (non-hydrogen) atoms. The van der Waals surface area contributed by atoms with Crippen molar-refractivity contribution in [2.75, 3.05) is 61.4 Å².